The molecule has 0 aromatic rings. The molecule has 0 radical (unpaired) electrons. The van der Waals surface area contributed by atoms with Gasteiger partial charge in [0.2, 0.25) is 0 Å². The van der Waals surface area contributed by atoms with Gasteiger partial charge in [-0.3, -0.25) is 9.83 Å². The quantitative estimate of drug-likeness (QED) is 0.352. The number of hydrogen-bond donors (Lipinski definition) is 1. The van der Waals surface area contributed by atoms with Gasteiger partial charge in [-0.2, -0.15) is 4.33 Å². The topological polar surface area (TPSA) is 78.8 Å². The highest BCUT2D eigenvalue weighted by Gasteiger charge is 2.29. The summed E-state index contributed by atoms with van der Waals surface area (Å²) in [6, 6.07) is 0. The fraction of sp³-hybridized carbons (Fsp3) is 0.750. The van der Waals surface area contributed by atoms with Gasteiger partial charge in [0, 0.05) is 12.0 Å². The molecule has 0 aromatic heterocycles. The van der Waals surface area contributed by atoms with Crippen LogP contribution in [0.25, 0.3) is 0 Å². The molecule has 0 saturated carbocycles. The highest BCUT2D eigenvalue weighted by molar-refractivity contribution is 7.96. The zero-order valence-electron chi connectivity index (χ0n) is 5.49. The van der Waals surface area contributed by atoms with Crippen molar-refractivity contribution in [3.63, 3.8) is 0 Å². The molecule has 5 nitrogen and oxygen atoms in total. The summed E-state index contributed by atoms with van der Waals surface area (Å²) in [5.74, 6) is -1.07. The number of aliphatic carboxylic acids is 1. The van der Waals surface area contributed by atoms with Gasteiger partial charge in [0.15, 0.2) is 0 Å². The van der Waals surface area contributed by atoms with Crippen molar-refractivity contribution < 1.29 is 24.5 Å². The molecule has 0 rings (SSSR count). The van der Waals surface area contributed by atoms with E-state index in [4.69, 9.17) is 5.11 Å². The maximum absolute atomic E-state index is 10.3. The number of carboxylic acid groups (broad SMARTS) is 1. The van der Waals surface area contributed by atoms with E-state index in [9.17, 15) is 10.1 Å². The maximum atomic E-state index is 10.3. The van der Waals surface area contributed by atoms with Gasteiger partial charge in [-0.15, -0.1) is 0 Å². The van der Waals surface area contributed by atoms with Gasteiger partial charge in [0.25, 0.3) is 0 Å². The zero-order valence-corrected chi connectivity index (χ0v) is 6.30. The summed E-state index contributed by atoms with van der Waals surface area (Å²) in [5, 5.41) is 20.7. The molecule has 6 heteroatoms. The van der Waals surface area contributed by atoms with Crippen LogP contribution >= 0.6 is 12.0 Å². The average Bonchev–Trinajstić information content (AvgIpc) is 1.84. The molecule has 0 spiro atoms. The van der Waals surface area contributed by atoms with Crippen LogP contribution in [0.4, 0.5) is 0 Å². The Morgan fingerprint density at radius 2 is 2.20 bits per heavy atom. The lowest BCUT2D eigenvalue weighted by molar-refractivity contribution is -0.777. The van der Waals surface area contributed by atoms with Crippen molar-refractivity contribution in [3.05, 3.63) is 0 Å². The first-order chi connectivity index (χ1) is 4.50. The fourth-order valence-electron chi connectivity index (χ4n) is 0.135. The van der Waals surface area contributed by atoms with E-state index < -0.39 is 10.7 Å². The second kappa shape index (κ2) is 3.77. The number of carboxylic acids is 1. The molecule has 0 aliphatic carbocycles. The van der Waals surface area contributed by atoms with Crippen molar-refractivity contribution in [3.8, 4) is 0 Å². The van der Waals surface area contributed by atoms with Gasteiger partial charge in [-0.05, 0) is 13.8 Å². The van der Waals surface area contributed by atoms with Crippen molar-refractivity contribution in [1.29, 1.82) is 0 Å². The molecule has 1 N–H and O–H groups in total. The van der Waals surface area contributed by atoms with Gasteiger partial charge in [-0.25, -0.2) is 0 Å². The standard InChI is InChI=1S/C4H8O5S/c1-4(2,3(5)6)10-9-8-7/h7H,1-2H3,(H,5,6)/p-1. The van der Waals surface area contributed by atoms with E-state index in [1.165, 1.54) is 13.8 Å². The second-order valence-corrected chi connectivity index (χ2v) is 3.36. The number of carbonyl (C=O) groups is 1. The van der Waals surface area contributed by atoms with Gasteiger partial charge in [0.05, 0.1) is 0 Å². The summed E-state index contributed by atoms with van der Waals surface area (Å²) >= 11 is 0.453. The van der Waals surface area contributed by atoms with E-state index in [1.54, 1.807) is 0 Å². The lowest BCUT2D eigenvalue weighted by atomic mass is 10.2. The van der Waals surface area contributed by atoms with Gasteiger partial charge in [-0.1, -0.05) is 0 Å². The summed E-state index contributed by atoms with van der Waals surface area (Å²) in [7, 11) is 0. The van der Waals surface area contributed by atoms with Crippen LogP contribution in [0, 0.1) is 0 Å². The maximum Gasteiger partial charge on any atom is 0.321 e. The molecular weight excluding hydrogens is 160 g/mol. The largest absolute Gasteiger partial charge is 0.691 e. The molecule has 0 amide bonds. The normalized spacial score (nSPS) is 11.5. The summed E-state index contributed by atoms with van der Waals surface area (Å²) in [5.41, 5.74) is 0. The van der Waals surface area contributed by atoms with Crippen LogP contribution in [0.5, 0.6) is 0 Å². The molecule has 0 heterocycles. The van der Waals surface area contributed by atoms with Crippen molar-refractivity contribution >= 4 is 18.0 Å². The zero-order chi connectivity index (χ0) is 8.20. The lowest BCUT2D eigenvalue weighted by Gasteiger charge is -2.16. The van der Waals surface area contributed by atoms with Crippen LogP contribution in [-0.2, 0) is 14.2 Å². The molecule has 10 heavy (non-hydrogen) atoms. The van der Waals surface area contributed by atoms with Crippen molar-refractivity contribution in [1.82, 2.24) is 0 Å². The van der Waals surface area contributed by atoms with E-state index in [0.29, 0.717) is 12.0 Å². The lowest BCUT2D eigenvalue weighted by Crippen LogP contribution is -2.27. The molecule has 0 aliphatic rings. The third-order valence-corrected chi connectivity index (χ3v) is 1.50. The fourth-order valence-corrected chi connectivity index (χ4v) is 0.404. The van der Waals surface area contributed by atoms with Gasteiger partial charge < -0.3 is 10.4 Å². The van der Waals surface area contributed by atoms with Crippen LogP contribution in [0.3, 0.4) is 0 Å². The van der Waals surface area contributed by atoms with E-state index >= 15 is 0 Å². The van der Waals surface area contributed by atoms with Crippen molar-refractivity contribution in [2.24, 2.45) is 0 Å². The van der Waals surface area contributed by atoms with Crippen LogP contribution in [0.2, 0.25) is 0 Å². The Hall–Kier alpha value is -0.300. The van der Waals surface area contributed by atoms with Gasteiger partial charge in [0.1, 0.15) is 4.75 Å². The highest BCUT2D eigenvalue weighted by Crippen LogP contribution is 2.24. The third-order valence-electron chi connectivity index (χ3n) is 0.785. The predicted molar refractivity (Wildman–Crippen MR) is 31.5 cm³/mol. The Morgan fingerprint density at radius 3 is 2.50 bits per heavy atom. The van der Waals surface area contributed by atoms with Gasteiger partial charge >= 0.3 is 5.97 Å². The summed E-state index contributed by atoms with van der Waals surface area (Å²) in [6.45, 7) is 2.78. The molecule has 0 bridgehead atoms. The summed E-state index contributed by atoms with van der Waals surface area (Å²) < 4.78 is 2.68. The molecule has 0 fully saturated rings. The Balaban J connectivity index is 3.75. The van der Waals surface area contributed by atoms with Crippen LogP contribution in [0.15, 0.2) is 0 Å². The van der Waals surface area contributed by atoms with E-state index in [2.05, 4.69) is 9.37 Å². The minimum atomic E-state index is -1.16. The number of hydrogen-bond acceptors (Lipinski definition) is 5. The molecule has 0 aliphatic heterocycles. The van der Waals surface area contributed by atoms with E-state index in [1.807, 2.05) is 0 Å². The molecular formula is C4H7O5S-. The Kier molecular flexibility index (Phi) is 3.66. The Labute approximate surface area is 62.0 Å². The Bertz CT molecular complexity index is 123. The average molecular weight is 167 g/mol. The second-order valence-electron chi connectivity index (χ2n) is 2.03. The monoisotopic (exact) mass is 167 g/mol. The predicted octanol–water partition coefficient (Wildman–Crippen LogP) is -0.279. The third kappa shape index (κ3) is 3.02. The highest BCUT2D eigenvalue weighted by atomic mass is 32.2. The first-order valence-corrected chi connectivity index (χ1v) is 3.12. The van der Waals surface area contributed by atoms with E-state index in [-0.39, 0.29) is 0 Å². The van der Waals surface area contributed by atoms with Crippen molar-refractivity contribution in [2.75, 3.05) is 0 Å². The molecule has 0 aromatic carbocycles. The Morgan fingerprint density at radius 1 is 1.70 bits per heavy atom. The van der Waals surface area contributed by atoms with Crippen LogP contribution < -0.4 is 5.26 Å². The molecule has 0 unspecified atom stereocenters. The molecule has 0 atom stereocenters. The molecule has 60 valence electrons. The number of rotatable bonds is 4. The minimum Gasteiger partial charge on any atom is -0.691 e. The minimum absolute atomic E-state index is 0.453. The van der Waals surface area contributed by atoms with Crippen LogP contribution in [-0.4, -0.2) is 15.8 Å². The SMILES string of the molecule is CC(C)(SOO[O-])C(=O)O. The smallest absolute Gasteiger partial charge is 0.321 e. The molecule has 0 saturated heterocycles. The van der Waals surface area contributed by atoms with Crippen LogP contribution in [0.1, 0.15) is 13.8 Å². The summed E-state index contributed by atoms with van der Waals surface area (Å²) in [6.07, 6.45) is 0. The van der Waals surface area contributed by atoms with Crippen molar-refractivity contribution in [2.45, 2.75) is 18.6 Å². The van der Waals surface area contributed by atoms with E-state index in [0.717, 1.165) is 0 Å². The first kappa shape index (κ1) is 9.70. The summed E-state index contributed by atoms with van der Waals surface area (Å²) in [4.78, 5) is 10.3. The first-order valence-electron chi connectivity index (χ1n) is 2.38.